The quantitative estimate of drug-likeness (QED) is 0.660. The summed E-state index contributed by atoms with van der Waals surface area (Å²) >= 11 is 0. The van der Waals surface area contributed by atoms with E-state index in [1.807, 2.05) is 29.2 Å². The van der Waals surface area contributed by atoms with E-state index in [0.717, 1.165) is 56.7 Å². The third-order valence-electron chi connectivity index (χ3n) is 6.28. The Hall–Kier alpha value is -1.96. The fraction of sp³-hybridized carbons (Fsp3) is 0.667. The second-order valence-corrected chi connectivity index (χ2v) is 9.09. The summed E-state index contributed by atoms with van der Waals surface area (Å²) in [6.45, 7) is 12.2. The van der Waals surface area contributed by atoms with Crippen LogP contribution < -0.4 is 10.6 Å². The number of likely N-dealkylation sites (tertiary alicyclic amines) is 1. The highest BCUT2D eigenvalue weighted by molar-refractivity contribution is 5.93. The lowest BCUT2D eigenvalue weighted by Crippen LogP contribution is -2.53. The number of nitrogens with zero attached hydrogens (tertiary/aromatic N) is 3. The number of para-hydroxylation sites is 1. The van der Waals surface area contributed by atoms with Crippen LogP contribution in [0.15, 0.2) is 24.3 Å². The van der Waals surface area contributed by atoms with Gasteiger partial charge in [-0.15, -0.1) is 0 Å². The summed E-state index contributed by atoms with van der Waals surface area (Å²) in [5.41, 5.74) is 2.05. The van der Waals surface area contributed by atoms with Crippen molar-refractivity contribution in [2.24, 2.45) is 0 Å². The number of nitrogens with one attached hydrogen (secondary N) is 2. The first-order valence-corrected chi connectivity index (χ1v) is 11.8. The predicted octanol–water partition coefficient (Wildman–Crippen LogP) is 1.79. The molecule has 2 saturated heterocycles. The lowest BCUT2D eigenvalue weighted by Gasteiger charge is -2.37. The van der Waals surface area contributed by atoms with Crippen LogP contribution in [-0.4, -0.2) is 91.0 Å². The van der Waals surface area contributed by atoms with E-state index in [2.05, 4.69) is 41.2 Å². The van der Waals surface area contributed by atoms with Crippen molar-refractivity contribution >= 4 is 17.5 Å². The van der Waals surface area contributed by atoms with Crippen LogP contribution in [0.25, 0.3) is 0 Å². The van der Waals surface area contributed by atoms with E-state index >= 15 is 0 Å². The average molecular weight is 430 g/mol. The maximum absolute atomic E-state index is 12.7. The molecule has 3 rings (SSSR count). The molecule has 2 aliphatic rings. The van der Waals surface area contributed by atoms with Gasteiger partial charge in [-0.05, 0) is 30.9 Å². The van der Waals surface area contributed by atoms with Crippen molar-refractivity contribution in [3.05, 3.63) is 29.8 Å². The minimum atomic E-state index is 0.0126. The van der Waals surface area contributed by atoms with Gasteiger partial charge in [0.25, 0.3) is 0 Å². The standard InChI is InChI=1S/C24H39N5O2/c1-4-20-7-5-6-8-22(20)26-23(30)17-28-13-15-29(16-14-28)24(31)18-27-11-9-21(10-12-27)25-19(2)3/h5-8,19,21,25H,4,9-18H2,1-3H3,(H,26,30). The molecule has 2 fully saturated rings. The number of hydrogen-bond acceptors (Lipinski definition) is 5. The highest BCUT2D eigenvalue weighted by atomic mass is 16.2. The van der Waals surface area contributed by atoms with Crippen molar-refractivity contribution in [3.63, 3.8) is 0 Å². The summed E-state index contributed by atoms with van der Waals surface area (Å²) in [4.78, 5) is 31.6. The summed E-state index contributed by atoms with van der Waals surface area (Å²) in [7, 11) is 0. The van der Waals surface area contributed by atoms with Gasteiger partial charge in [-0.1, -0.05) is 39.0 Å². The first kappa shape index (κ1) is 23.7. The molecular weight excluding hydrogens is 390 g/mol. The number of carbonyl (C=O) groups is 2. The number of aryl methyl sites for hydroxylation is 1. The Kier molecular flexibility index (Phi) is 8.87. The number of carbonyl (C=O) groups excluding carboxylic acids is 2. The number of piperidine rings is 1. The van der Waals surface area contributed by atoms with Gasteiger partial charge >= 0.3 is 0 Å². The van der Waals surface area contributed by atoms with Gasteiger partial charge in [0.2, 0.25) is 11.8 Å². The van der Waals surface area contributed by atoms with Crippen LogP contribution in [0.2, 0.25) is 0 Å². The molecule has 0 saturated carbocycles. The van der Waals surface area contributed by atoms with Crippen LogP contribution in [0.1, 0.15) is 39.2 Å². The van der Waals surface area contributed by atoms with Gasteiger partial charge in [-0.25, -0.2) is 0 Å². The maximum atomic E-state index is 12.7. The summed E-state index contributed by atoms with van der Waals surface area (Å²) in [5, 5.41) is 6.64. The zero-order chi connectivity index (χ0) is 22.2. The number of hydrogen-bond donors (Lipinski definition) is 2. The summed E-state index contributed by atoms with van der Waals surface area (Å²) in [6.07, 6.45) is 3.11. The van der Waals surface area contributed by atoms with Crippen molar-refractivity contribution in [1.82, 2.24) is 20.0 Å². The van der Waals surface area contributed by atoms with E-state index < -0.39 is 0 Å². The third kappa shape index (κ3) is 7.30. The van der Waals surface area contributed by atoms with E-state index in [0.29, 0.717) is 38.3 Å². The predicted molar refractivity (Wildman–Crippen MR) is 125 cm³/mol. The number of anilines is 1. The highest BCUT2D eigenvalue weighted by Gasteiger charge is 2.26. The second kappa shape index (κ2) is 11.6. The van der Waals surface area contributed by atoms with Gasteiger partial charge in [-0.2, -0.15) is 0 Å². The van der Waals surface area contributed by atoms with E-state index in [4.69, 9.17) is 0 Å². The fourth-order valence-corrected chi connectivity index (χ4v) is 4.52. The van der Waals surface area contributed by atoms with Crippen LogP contribution >= 0.6 is 0 Å². The van der Waals surface area contributed by atoms with Crippen molar-refractivity contribution in [2.45, 2.75) is 52.1 Å². The van der Waals surface area contributed by atoms with E-state index in [1.54, 1.807) is 0 Å². The number of rotatable bonds is 8. The molecule has 1 aromatic rings. The van der Waals surface area contributed by atoms with Crippen LogP contribution in [0.4, 0.5) is 5.69 Å². The molecule has 1 aromatic carbocycles. The van der Waals surface area contributed by atoms with Gasteiger partial charge in [0.15, 0.2) is 0 Å². The van der Waals surface area contributed by atoms with Crippen LogP contribution in [0, 0.1) is 0 Å². The molecule has 172 valence electrons. The van der Waals surface area contributed by atoms with Crippen molar-refractivity contribution in [2.75, 3.05) is 57.7 Å². The molecule has 2 aliphatic heterocycles. The Bertz CT molecular complexity index is 722. The van der Waals surface area contributed by atoms with Crippen molar-refractivity contribution in [3.8, 4) is 0 Å². The smallest absolute Gasteiger partial charge is 0.238 e. The first-order valence-electron chi connectivity index (χ1n) is 11.8. The SMILES string of the molecule is CCc1ccccc1NC(=O)CN1CCN(C(=O)CN2CCC(NC(C)C)CC2)CC1. The van der Waals surface area contributed by atoms with E-state index in [9.17, 15) is 9.59 Å². The fourth-order valence-electron chi connectivity index (χ4n) is 4.52. The lowest BCUT2D eigenvalue weighted by atomic mass is 10.0. The molecule has 0 aliphatic carbocycles. The summed E-state index contributed by atoms with van der Waals surface area (Å²) in [6, 6.07) is 9.03. The van der Waals surface area contributed by atoms with Gasteiger partial charge in [0.1, 0.15) is 0 Å². The second-order valence-electron chi connectivity index (χ2n) is 9.09. The number of benzene rings is 1. The zero-order valence-corrected chi connectivity index (χ0v) is 19.4. The molecular formula is C24H39N5O2. The van der Waals surface area contributed by atoms with Gasteiger partial charge in [0.05, 0.1) is 13.1 Å². The van der Waals surface area contributed by atoms with Crippen molar-refractivity contribution in [1.29, 1.82) is 0 Å². The lowest BCUT2D eigenvalue weighted by molar-refractivity contribution is -0.134. The Morgan fingerprint density at radius 2 is 1.61 bits per heavy atom. The molecule has 2 amide bonds. The Morgan fingerprint density at radius 1 is 0.968 bits per heavy atom. The number of amides is 2. The zero-order valence-electron chi connectivity index (χ0n) is 19.4. The maximum Gasteiger partial charge on any atom is 0.238 e. The van der Waals surface area contributed by atoms with Crippen LogP contribution in [-0.2, 0) is 16.0 Å². The molecule has 7 nitrogen and oxygen atoms in total. The van der Waals surface area contributed by atoms with Crippen molar-refractivity contribution < 1.29 is 9.59 Å². The molecule has 0 radical (unpaired) electrons. The molecule has 2 N–H and O–H groups in total. The van der Waals surface area contributed by atoms with Gasteiger partial charge in [0, 0.05) is 57.0 Å². The summed E-state index contributed by atoms with van der Waals surface area (Å²) < 4.78 is 0. The highest BCUT2D eigenvalue weighted by Crippen LogP contribution is 2.16. The minimum absolute atomic E-state index is 0.0126. The molecule has 0 spiro atoms. The topological polar surface area (TPSA) is 67.9 Å². The van der Waals surface area contributed by atoms with Gasteiger partial charge in [-0.3, -0.25) is 19.4 Å². The third-order valence-corrected chi connectivity index (χ3v) is 6.28. The molecule has 31 heavy (non-hydrogen) atoms. The molecule has 0 aromatic heterocycles. The number of piperazine rings is 1. The first-order chi connectivity index (χ1) is 14.9. The monoisotopic (exact) mass is 429 g/mol. The van der Waals surface area contributed by atoms with E-state index in [-0.39, 0.29) is 11.8 Å². The largest absolute Gasteiger partial charge is 0.339 e. The van der Waals surface area contributed by atoms with E-state index in [1.165, 1.54) is 0 Å². The normalized spacial score (nSPS) is 19.0. The van der Waals surface area contributed by atoms with Crippen LogP contribution in [0.3, 0.4) is 0 Å². The molecule has 0 bridgehead atoms. The van der Waals surface area contributed by atoms with Gasteiger partial charge < -0.3 is 15.5 Å². The average Bonchev–Trinajstić information content (AvgIpc) is 2.75. The Labute approximate surface area is 187 Å². The Balaban J connectivity index is 1.36. The molecule has 0 atom stereocenters. The minimum Gasteiger partial charge on any atom is -0.339 e. The Morgan fingerprint density at radius 3 is 2.26 bits per heavy atom. The molecule has 0 unspecified atom stereocenters. The summed E-state index contributed by atoms with van der Waals surface area (Å²) in [5.74, 6) is 0.231. The van der Waals surface area contributed by atoms with Crippen LogP contribution in [0.5, 0.6) is 0 Å². The molecule has 7 heteroatoms. The molecule has 2 heterocycles.